The number of nitrogens with zero attached hydrogens (tertiary/aromatic N) is 4. The minimum absolute atomic E-state index is 0.940. The Morgan fingerprint density at radius 2 is 2.06 bits per heavy atom. The molecule has 0 radical (unpaired) electrons. The molecule has 5 heteroatoms. The van der Waals surface area contributed by atoms with Gasteiger partial charge in [-0.2, -0.15) is 5.10 Å². The molecule has 3 rings (SSSR count). The van der Waals surface area contributed by atoms with Gasteiger partial charge in [-0.05, 0) is 34.5 Å². The van der Waals surface area contributed by atoms with Gasteiger partial charge in [0.05, 0.1) is 11.9 Å². The highest BCUT2D eigenvalue weighted by Crippen LogP contribution is 2.22. The Morgan fingerprint density at radius 1 is 1.24 bits per heavy atom. The van der Waals surface area contributed by atoms with Crippen LogP contribution < -0.4 is 0 Å². The van der Waals surface area contributed by atoms with Crippen LogP contribution in [-0.2, 0) is 7.05 Å². The van der Waals surface area contributed by atoms with Gasteiger partial charge in [0.1, 0.15) is 5.65 Å². The average Bonchev–Trinajstić information content (AvgIpc) is 2.85. The van der Waals surface area contributed by atoms with E-state index in [4.69, 9.17) is 0 Å². The predicted molar refractivity (Wildman–Crippen MR) is 69.8 cm³/mol. The van der Waals surface area contributed by atoms with Gasteiger partial charge in [-0.1, -0.05) is 0 Å². The SMILES string of the molecule is Cc1cc2nc(-c3cnn(C)c3)cn2cc1Br. The summed E-state index contributed by atoms with van der Waals surface area (Å²) in [7, 11) is 1.90. The molecule has 17 heavy (non-hydrogen) atoms. The molecular weight excluding hydrogens is 280 g/mol. The maximum Gasteiger partial charge on any atom is 0.137 e. The van der Waals surface area contributed by atoms with E-state index in [1.807, 2.05) is 36.2 Å². The van der Waals surface area contributed by atoms with Crippen molar-refractivity contribution >= 4 is 21.6 Å². The third-order valence-electron chi connectivity index (χ3n) is 2.74. The van der Waals surface area contributed by atoms with Gasteiger partial charge >= 0.3 is 0 Å². The first kappa shape index (κ1) is 10.5. The van der Waals surface area contributed by atoms with Gasteiger partial charge < -0.3 is 4.40 Å². The van der Waals surface area contributed by atoms with Crippen LogP contribution >= 0.6 is 15.9 Å². The summed E-state index contributed by atoms with van der Waals surface area (Å²) in [5, 5.41) is 4.16. The van der Waals surface area contributed by atoms with Crippen LogP contribution in [0.3, 0.4) is 0 Å². The lowest BCUT2D eigenvalue weighted by Gasteiger charge is -1.98. The molecule has 0 bridgehead atoms. The van der Waals surface area contributed by atoms with Crippen LogP contribution in [0.5, 0.6) is 0 Å². The Labute approximate surface area is 107 Å². The predicted octanol–water partition coefficient (Wildman–Crippen LogP) is 2.81. The fraction of sp³-hybridized carbons (Fsp3) is 0.167. The molecule has 0 spiro atoms. The molecule has 3 aromatic heterocycles. The number of hydrogen-bond donors (Lipinski definition) is 0. The highest BCUT2D eigenvalue weighted by molar-refractivity contribution is 9.10. The van der Waals surface area contributed by atoms with Crippen LogP contribution in [0.4, 0.5) is 0 Å². The highest BCUT2D eigenvalue weighted by Gasteiger charge is 2.07. The highest BCUT2D eigenvalue weighted by atomic mass is 79.9. The van der Waals surface area contributed by atoms with E-state index in [0.29, 0.717) is 0 Å². The van der Waals surface area contributed by atoms with Crippen LogP contribution in [0.2, 0.25) is 0 Å². The smallest absolute Gasteiger partial charge is 0.137 e. The molecule has 0 aliphatic rings. The standard InChI is InChI=1S/C12H11BrN4/c1-8-3-12-15-11(7-17(12)6-10(8)13)9-4-14-16(2)5-9/h3-7H,1-2H3. The molecule has 0 aliphatic heterocycles. The largest absolute Gasteiger partial charge is 0.305 e. The summed E-state index contributed by atoms with van der Waals surface area (Å²) in [5.41, 5.74) is 4.10. The lowest BCUT2D eigenvalue weighted by molar-refractivity contribution is 0.768. The van der Waals surface area contributed by atoms with E-state index in [-0.39, 0.29) is 0 Å². The molecule has 3 heterocycles. The second kappa shape index (κ2) is 3.70. The number of halogens is 1. The lowest BCUT2D eigenvalue weighted by Crippen LogP contribution is -1.85. The molecule has 0 amide bonds. The maximum absolute atomic E-state index is 4.59. The quantitative estimate of drug-likeness (QED) is 0.691. The normalized spacial score (nSPS) is 11.2. The van der Waals surface area contributed by atoms with Crippen LogP contribution in [0.1, 0.15) is 5.56 Å². The van der Waals surface area contributed by atoms with Crippen molar-refractivity contribution in [3.8, 4) is 11.3 Å². The Kier molecular flexibility index (Phi) is 2.29. The fourth-order valence-corrected chi connectivity index (χ4v) is 2.13. The molecule has 4 nitrogen and oxygen atoms in total. The monoisotopic (exact) mass is 290 g/mol. The Balaban J connectivity index is 2.19. The molecule has 0 aliphatic carbocycles. The average molecular weight is 291 g/mol. The van der Waals surface area contributed by atoms with Crippen LogP contribution in [0.25, 0.3) is 16.9 Å². The van der Waals surface area contributed by atoms with Crippen molar-refractivity contribution in [1.82, 2.24) is 19.2 Å². The van der Waals surface area contributed by atoms with Gasteiger partial charge in [-0.3, -0.25) is 4.68 Å². The lowest BCUT2D eigenvalue weighted by atomic mass is 10.3. The number of imidazole rings is 1. The Hall–Kier alpha value is -1.62. The Bertz CT molecular complexity index is 657. The first-order chi connectivity index (χ1) is 8.13. The molecule has 0 N–H and O–H groups in total. The molecule has 0 saturated carbocycles. The molecule has 86 valence electrons. The molecule has 0 atom stereocenters. The molecule has 0 saturated heterocycles. The zero-order valence-electron chi connectivity index (χ0n) is 9.55. The first-order valence-corrected chi connectivity index (χ1v) is 6.06. The molecular formula is C12H11BrN4. The van der Waals surface area contributed by atoms with Crippen LogP contribution in [0.15, 0.2) is 35.3 Å². The van der Waals surface area contributed by atoms with Gasteiger partial charge in [0.2, 0.25) is 0 Å². The van der Waals surface area contributed by atoms with E-state index >= 15 is 0 Å². The molecule has 0 fully saturated rings. The number of pyridine rings is 1. The summed E-state index contributed by atoms with van der Waals surface area (Å²) >= 11 is 3.52. The summed E-state index contributed by atoms with van der Waals surface area (Å²) in [4.78, 5) is 4.59. The van der Waals surface area contributed by atoms with Crippen molar-refractivity contribution in [2.24, 2.45) is 7.05 Å². The number of fused-ring (bicyclic) bond motifs is 1. The zero-order chi connectivity index (χ0) is 12.0. The number of rotatable bonds is 1. The van der Waals surface area contributed by atoms with Gasteiger partial charge in [0.15, 0.2) is 0 Å². The summed E-state index contributed by atoms with van der Waals surface area (Å²) in [6, 6.07) is 2.06. The van der Waals surface area contributed by atoms with Crippen molar-refractivity contribution < 1.29 is 0 Å². The number of aryl methyl sites for hydroxylation is 2. The van der Waals surface area contributed by atoms with Crippen LogP contribution in [0, 0.1) is 6.92 Å². The number of hydrogen-bond acceptors (Lipinski definition) is 2. The summed E-state index contributed by atoms with van der Waals surface area (Å²) in [6.07, 6.45) is 7.82. The second-order valence-electron chi connectivity index (χ2n) is 4.10. The summed E-state index contributed by atoms with van der Waals surface area (Å²) in [5.74, 6) is 0. The van der Waals surface area contributed by atoms with E-state index in [0.717, 1.165) is 21.4 Å². The van der Waals surface area contributed by atoms with E-state index in [1.165, 1.54) is 5.56 Å². The van der Waals surface area contributed by atoms with Crippen molar-refractivity contribution in [2.75, 3.05) is 0 Å². The summed E-state index contributed by atoms with van der Waals surface area (Å²) < 4.78 is 4.88. The van der Waals surface area contributed by atoms with Gasteiger partial charge in [-0.15, -0.1) is 0 Å². The summed E-state index contributed by atoms with van der Waals surface area (Å²) in [6.45, 7) is 2.06. The fourth-order valence-electron chi connectivity index (χ4n) is 1.80. The minimum atomic E-state index is 0.940. The van der Waals surface area contributed by atoms with Crippen molar-refractivity contribution in [3.63, 3.8) is 0 Å². The minimum Gasteiger partial charge on any atom is -0.305 e. The second-order valence-corrected chi connectivity index (χ2v) is 4.95. The molecule has 3 aromatic rings. The van der Waals surface area contributed by atoms with E-state index in [2.05, 4.69) is 39.0 Å². The molecule has 0 aromatic carbocycles. The van der Waals surface area contributed by atoms with Gasteiger partial charge in [0, 0.05) is 35.7 Å². The van der Waals surface area contributed by atoms with Crippen LogP contribution in [-0.4, -0.2) is 19.2 Å². The molecule has 0 unspecified atom stereocenters. The topological polar surface area (TPSA) is 35.1 Å². The third-order valence-corrected chi connectivity index (χ3v) is 3.57. The van der Waals surface area contributed by atoms with Gasteiger partial charge in [-0.25, -0.2) is 4.98 Å². The van der Waals surface area contributed by atoms with E-state index in [9.17, 15) is 0 Å². The number of aromatic nitrogens is 4. The van der Waals surface area contributed by atoms with Crippen molar-refractivity contribution in [3.05, 3.63) is 40.9 Å². The van der Waals surface area contributed by atoms with Crippen molar-refractivity contribution in [2.45, 2.75) is 6.92 Å². The van der Waals surface area contributed by atoms with Crippen molar-refractivity contribution in [1.29, 1.82) is 0 Å². The maximum atomic E-state index is 4.59. The zero-order valence-corrected chi connectivity index (χ0v) is 11.1. The van der Waals surface area contributed by atoms with Gasteiger partial charge in [0.25, 0.3) is 0 Å². The van der Waals surface area contributed by atoms with E-state index in [1.54, 1.807) is 4.68 Å². The first-order valence-electron chi connectivity index (χ1n) is 5.27. The Morgan fingerprint density at radius 3 is 2.76 bits per heavy atom. The third kappa shape index (κ3) is 1.76. The van der Waals surface area contributed by atoms with E-state index < -0.39 is 0 Å².